The van der Waals surface area contributed by atoms with Crippen molar-refractivity contribution in [3.05, 3.63) is 40.6 Å². The summed E-state index contributed by atoms with van der Waals surface area (Å²) in [6.45, 7) is 5.61. The molecule has 0 aliphatic rings. The Morgan fingerprint density at radius 3 is 2.46 bits per heavy atom. The third kappa shape index (κ3) is 4.39. The molecule has 4 N–H and O–H groups in total. The lowest BCUT2D eigenvalue weighted by atomic mass is 10.1. The van der Waals surface area contributed by atoms with Crippen LogP contribution in [0.1, 0.15) is 31.3 Å². The fourth-order valence-corrected chi connectivity index (χ4v) is 1.57. The van der Waals surface area contributed by atoms with E-state index in [0.29, 0.717) is 0 Å². The number of carbonyl (C=O) groups excluding carboxylic acids is 1. The predicted octanol–water partition coefficient (Wildman–Crippen LogP) is 1.45. The fraction of sp³-hybridized carbons (Fsp3) is 0.308. The van der Waals surface area contributed by atoms with Gasteiger partial charge in [-0.25, -0.2) is 15.4 Å². The maximum absolute atomic E-state index is 11.8. The average molecular weight is 335 g/mol. The van der Waals surface area contributed by atoms with Crippen LogP contribution in [0.3, 0.4) is 0 Å². The molecule has 0 aromatic carbocycles. The molecule has 0 spiro atoms. The van der Waals surface area contributed by atoms with E-state index in [-0.39, 0.29) is 22.9 Å². The summed E-state index contributed by atoms with van der Waals surface area (Å²) in [5, 5.41) is 11.3. The molecule has 0 atom stereocenters. The lowest BCUT2D eigenvalue weighted by Gasteiger charge is -2.21. The molecule has 2 aromatic rings. The van der Waals surface area contributed by atoms with E-state index in [1.54, 1.807) is 6.07 Å². The average Bonchev–Trinajstić information content (AvgIpc) is 3.04. The molecule has 11 nitrogen and oxygen atoms in total. The highest BCUT2D eigenvalue weighted by Gasteiger charge is 2.24. The lowest BCUT2D eigenvalue weighted by molar-refractivity contribution is -0.383. The van der Waals surface area contributed by atoms with Crippen molar-refractivity contribution >= 4 is 23.2 Å². The van der Waals surface area contributed by atoms with Gasteiger partial charge in [-0.15, -0.1) is 0 Å². The molecule has 128 valence electrons. The second kappa shape index (κ2) is 6.91. The Morgan fingerprint density at radius 2 is 1.92 bits per heavy atom. The third-order valence-corrected chi connectivity index (χ3v) is 2.60. The van der Waals surface area contributed by atoms with Gasteiger partial charge in [0.1, 0.15) is 6.33 Å². The van der Waals surface area contributed by atoms with Crippen molar-refractivity contribution in [3.8, 4) is 0 Å². The molecule has 0 radical (unpaired) electrons. The van der Waals surface area contributed by atoms with Crippen LogP contribution >= 0.6 is 0 Å². The maximum Gasteiger partial charge on any atom is 0.356 e. The third-order valence-electron chi connectivity index (χ3n) is 2.60. The van der Waals surface area contributed by atoms with Crippen LogP contribution in [0.4, 0.5) is 17.3 Å². The fourth-order valence-electron chi connectivity index (χ4n) is 1.57. The lowest BCUT2D eigenvalue weighted by Crippen LogP contribution is -2.40. The largest absolute Gasteiger partial charge is 0.459 e. The van der Waals surface area contributed by atoms with Gasteiger partial charge >= 0.3 is 11.6 Å². The summed E-state index contributed by atoms with van der Waals surface area (Å²) in [6.07, 6.45) is 2.46. The van der Waals surface area contributed by atoms with Crippen LogP contribution in [0.15, 0.2) is 29.1 Å². The van der Waals surface area contributed by atoms with Crippen molar-refractivity contribution in [2.24, 2.45) is 0 Å². The first kappa shape index (κ1) is 17.1. The van der Waals surface area contributed by atoms with Gasteiger partial charge < -0.3 is 4.42 Å². The first-order valence-corrected chi connectivity index (χ1v) is 6.90. The van der Waals surface area contributed by atoms with E-state index < -0.39 is 16.5 Å². The van der Waals surface area contributed by atoms with Crippen molar-refractivity contribution < 1.29 is 14.1 Å². The molecule has 24 heavy (non-hydrogen) atoms. The number of amides is 1. The topological polar surface area (TPSA) is 147 Å². The number of aromatic nitrogens is 2. The summed E-state index contributed by atoms with van der Waals surface area (Å²) in [7, 11) is 0. The van der Waals surface area contributed by atoms with Crippen molar-refractivity contribution in [1.29, 1.82) is 0 Å². The predicted molar refractivity (Wildman–Crippen MR) is 85.0 cm³/mol. The van der Waals surface area contributed by atoms with E-state index in [2.05, 4.69) is 31.7 Å². The van der Waals surface area contributed by atoms with Crippen molar-refractivity contribution in [1.82, 2.24) is 20.8 Å². The van der Waals surface area contributed by atoms with Gasteiger partial charge in [0.15, 0.2) is 5.76 Å². The minimum absolute atomic E-state index is 0.0420. The molecule has 0 bridgehead atoms. The van der Waals surface area contributed by atoms with E-state index in [9.17, 15) is 14.9 Å². The Labute approximate surface area is 137 Å². The standard InChI is InChI=1S/C13H17N7O4/c1-13(2,3)19-17-11-9(20(22)23)10(14-7-15-11)16-18-12(21)8-5-4-6-24-8/h4-7,19H,1-3H3,(H,18,21)(H2,14,15,16,17). The Balaban J connectivity index is 2.17. The molecule has 1 amide bonds. The Morgan fingerprint density at radius 1 is 1.25 bits per heavy atom. The number of hydrogen-bond acceptors (Lipinski definition) is 9. The number of rotatable bonds is 6. The summed E-state index contributed by atoms with van der Waals surface area (Å²) in [6, 6.07) is 2.99. The zero-order valence-electron chi connectivity index (χ0n) is 13.3. The summed E-state index contributed by atoms with van der Waals surface area (Å²) in [5.41, 5.74) is 9.45. The van der Waals surface area contributed by atoms with Crippen LogP contribution in [0.2, 0.25) is 0 Å². The van der Waals surface area contributed by atoms with Crippen molar-refractivity contribution in [2.45, 2.75) is 26.3 Å². The van der Waals surface area contributed by atoms with Crippen LogP contribution in [-0.4, -0.2) is 26.3 Å². The number of carbonyl (C=O) groups is 1. The second-order valence-electron chi connectivity index (χ2n) is 5.73. The number of furan rings is 1. The quantitative estimate of drug-likeness (QED) is 0.454. The zero-order valence-corrected chi connectivity index (χ0v) is 13.3. The van der Waals surface area contributed by atoms with Gasteiger partial charge in [-0.05, 0) is 32.9 Å². The van der Waals surface area contributed by atoms with Crippen molar-refractivity contribution in [2.75, 3.05) is 10.9 Å². The SMILES string of the molecule is CC(C)(C)NNc1ncnc(NNC(=O)c2ccco2)c1[N+](=O)[O-]. The van der Waals surface area contributed by atoms with Gasteiger partial charge in [-0.1, -0.05) is 0 Å². The van der Waals surface area contributed by atoms with E-state index in [1.807, 2.05) is 20.8 Å². The zero-order chi connectivity index (χ0) is 17.7. The molecular weight excluding hydrogens is 318 g/mol. The molecule has 0 saturated carbocycles. The Hall–Kier alpha value is -3.21. The second-order valence-corrected chi connectivity index (χ2v) is 5.73. The molecule has 2 heterocycles. The molecule has 0 aliphatic carbocycles. The van der Waals surface area contributed by atoms with Crippen molar-refractivity contribution in [3.63, 3.8) is 0 Å². The number of hydrogen-bond donors (Lipinski definition) is 4. The van der Waals surface area contributed by atoms with E-state index in [0.717, 1.165) is 6.33 Å². The van der Waals surface area contributed by atoms with Gasteiger partial charge in [0.05, 0.1) is 11.2 Å². The van der Waals surface area contributed by atoms with Gasteiger partial charge in [0.2, 0.25) is 11.6 Å². The highest BCUT2D eigenvalue weighted by atomic mass is 16.6. The van der Waals surface area contributed by atoms with Crippen LogP contribution in [-0.2, 0) is 0 Å². The summed E-state index contributed by atoms with van der Waals surface area (Å²) >= 11 is 0. The minimum atomic E-state index is -0.659. The molecule has 2 aromatic heterocycles. The molecule has 0 unspecified atom stereocenters. The molecular formula is C13H17N7O4. The highest BCUT2D eigenvalue weighted by molar-refractivity contribution is 5.92. The highest BCUT2D eigenvalue weighted by Crippen LogP contribution is 2.28. The minimum Gasteiger partial charge on any atom is -0.459 e. The van der Waals surface area contributed by atoms with Gasteiger partial charge in [0, 0.05) is 5.54 Å². The number of nitrogens with one attached hydrogen (secondary N) is 4. The number of anilines is 2. The Bertz CT molecular complexity index is 724. The number of nitrogens with zero attached hydrogens (tertiary/aromatic N) is 3. The van der Waals surface area contributed by atoms with E-state index in [4.69, 9.17) is 4.42 Å². The molecule has 11 heteroatoms. The monoisotopic (exact) mass is 335 g/mol. The van der Waals surface area contributed by atoms with E-state index >= 15 is 0 Å². The first-order valence-electron chi connectivity index (χ1n) is 6.90. The van der Waals surface area contributed by atoms with Crippen LogP contribution in [0.25, 0.3) is 0 Å². The molecule has 0 aliphatic heterocycles. The number of hydrazine groups is 2. The molecule has 0 fully saturated rings. The van der Waals surface area contributed by atoms with Gasteiger partial charge in [-0.3, -0.25) is 31.2 Å². The van der Waals surface area contributed by atoms with Crippen LogP contribution < -0.4 is 21.7 Å². The van der Waals surface area contributed by atoms with Crippen LogP contribution in [0, 0.1) is 10.1 Å². The van der Waals surface area contributed by atoms with E-state index in [1.165, 1.54) is 12.3 Å². The summed E-state index contributed by atoms with van der Waals surface area (Å²) in [4.78, 5) is 30.1. The molecule has 0 saturated heterocycles. The maximum atomic E-state index is 11.8. The summed E-state index contributed by atoms with van der Waals surface area (Å²) < 4.78 is 4.92. The Kier molecular flexibility index (Phi) is 4.94. The summed E-state index contributed by atoms with van der Waals surface area (Å²) in [5.74, 6) is -0.769. The van der Waals surface area contributed by atoms with Crippen LogP contribution in [0.5, 0.6) is 0 Å². The van der Waals surface area contributed by atoms with Gasteiger partial charge in [-0.2, -0.15) is 0 Å². The first-order chi connectivity index (χ1) is 11.3. The smallest absolute Gasteiger partial charge is 0.356 e. The number of nitro groups is 1. The molecule has 2 rings (SSSR count). The van der Waals surface area contributed by atoms with Gasteiger partial charge in [0.25, 0.3) is 0 Å². The normalized spacial score (nSPS) is 11.0.